The molecule has 6 nitrogen and oxygen atoms in total. The van der Waals surface area contributed by atoms with Crippen molar-refractivity contribution in [2.75, 3.05) is 19.6 Å². The van der Waals surface area contributed by atoms with Gasteiger partial charge in [0, 0.05) is 56.7 Å². The molecule has 0 bridgehead atoms. The lowest BCUT2D eigenvalue weighted by atomic mass is 9.75. The molecule has 1 spiro atoms. The molecule has 25 heavy (non-hydrogen) atoms. The van der Waals surface area contributed by atoms with Crippen molar-refractivity contribution >= 4 is 5.91 Å². The van der Waals surface area contributed by atoms with E-state index < -0.39 is 0 Å². The van der Waals surface area contributed by atoms with Gasteiger partial charge in [-0.1, -0.05) is 0 Å². The van der Waals surface area contributed by atoms with Crippen molar-refractivity contribution in [3.05, 3.63) is 48.3 Å². The summed E-state index contributed by atoms with van der Waals surface area (Å²) in [7, 11) is 0. The standard InChI is InChI=1S/C19H25N5O/c1-14(2)24-11-17(22-13-24)16-9-21-12-19(16)5-8-23(18(19)25)10-15-3-6-20-7-4-15/h3-4,6-7,11,13-14,16,21H,5,8-10,12H2,1-2H3/t16-,19-/m1/s1. The lowest BCUT2D eigenvalue weighted by Crippen LogP contribution is -2.39. The number of hydrogen-bond acceptors (Lipinski definition) is 4. The Kier molecular flexibility index (Phi) is 4.07. The van der Waals surface area contributed by atoms with Gasteiger partial charge in [-0.2, -0.15) is 0 Å². The van der Waals surface area contributed by atoms with Gasteiger partial charge in [0.25, 0.3) is 0 Å². The highest BCUT2D eigenvalue weighted by atomic mass is 16.2. The Morgan fingerprint density at radius 1 is 1.36 bits per heavy atom. The van der Waals surface area contributed by atoms with E-state index in [0.29, 0.717) is 12.6 Å². The molecule has 2 aromatic heterocycles. The van der Waals surface area contributed by atoms with Crippen LogP contribution >= 0.6 is 0 Å². The molecule has 1 amide bonds. The number of likely N-dealkylation sites (tertiary alicyclic amines) is 1. The molecule has 2 aliphatic rings. The molecular weight excluding hydrogens is 314 g/mol. The van der Waals surface area contributed by atoms with E-state index in [1.54, 1.807) is 12.4 Å². The fraction of sp³-hybridized carbons (Fsp3) is 0.526. The summed E-state index contributed by atoms with van der Waals surface area (Å²) in [5.41, 5.74) is 1.83. The molecule has 6 heteroatoms. The molecular formula is C19H25N5O. The Morgan fingerprint density at radius 3 is 2.88 bits per heavy atom. The van der Waals surface area contributed by atoms with Crippen LogP contribution in [0.4, 0.5) is 0 Å². The second-order valence-corrected chi connectivity index (χ2v) is 7.51. The molecule has 0 radical (unpaired) electrons. The van der Waals surface area contributed by atoms with E-state index in [1.807, 2.05) is 23.4 Å². The Bertz CT molecular complexity index is 756. The summed E-state index contributed by atoms with van der Waals surface area (Å²) in [5.74, 6) is 0.417. The normalized spacial score (nSPS) is 26.3. The number of hydrogen-bond donors (Lipinski definition) is 1. The highest BCUT2D eigenvalue weighted by Crippen LogP contribution is 2.46. The van der Waals surface area contributed by atoms with Crippen molar-refractivity contribution in [2.24, 2.45) is 5.41 Å². The van der Waals surface area contributed by atoms with Crippen LogP contribution in [0, 0.1) is 5.41 Å². The fourth-order valence-electron chi connectivity index (χ4n) is 4.17. The van der Waals surface area contributed by atoms with Gasteiger partial charge in [-0.05, 0) is 38.0 Å². The molecule has 2 aromatic rings. The third-order valence-corrected chi connectivity index (χ3v) is 5.69. The largest absolute Gasteiger partial charge is 0.338 e. The fourth-order valence-corrected chi connectivity index (χ4v) is 4.17. The van der Waals surface area contributed by atoms with Crippen molar-refractivity contribution in [2.45, 2.75) is 38.8 Å². The number of nitrogens with zero attached hydrogens (tertiary/aromatic N) is 4. The topological polar surface area (TPSA) is 63.1 Å². The summed E-state index contributed by atoms with van der Waals surface area (Å²) in [4.78, 5) is 24.0. The summed E-state index contributed by atoms with van der Waals surface area (Å²) in [6, 6.07) is 4.34. The zero-order chi connectivity index (χ0) is 17.4. The highest BCUT2D eigenvalue weighted by molar-refractivity contribution is 5.86. The maximum Gasteiger partial charge on any atom is 0.231 e. The number of carbonyl (C=O) groups is 1. The van der Waals surface area contributed by atoms with Crippen LogP contribution in [-0.2, 0) is 11.3 Å². The SMILES string of the molecule is CC(C)n1cnc([C@H]2CNC[C@]23CCN(Cc2ccncc2)C3=O)c1. The molecule has 132 valence electrons. The summed E-state index contributed by atoms with van der Waals surface area (Å²) < 4.78 is 2.12. The smallest absolute Gasteiger partial charge is 0.231 e. The minimum absolute atomic E-state index is 0.155. The lowest BCUT2D eigenvalue weighted by molar-refractivity contribution is -0.136. The van der Waals surface area contributed by atoms with Crippen molar-refractivity contribution < 1.29 is 4.79 Å². The van der Waals surface area contributed by atoms with Gasteiger partial charge in [0.1, 0.15) is 0 Å². The number of nitrogens with one attached hydrogen (secondary N) is 1. The van der Waals surface area contributed by atoms with Crippen molar-refractivity contribution in [3.8, 4) is 0 Å². The van der Waals surface area contributed by atoms with Crippen LogP contribution in [0.2, 0.25) is 0 Å². The molecule has 0 unspecified atom stereocenters. The monoisotopic (exact) mass is 339 g/mol. The van der Waals surface area contributed by atoms with E-state index >= 15 is 0 Å². The number of rotatable bonds is 4. The van der Waals surface area contributed by atoms with Gasteiger partial charge in [-0.3, -0.25) is 9.78 Å². The van der Waals surface area contributed by atoms with Crippen molar-refractivity contribution in [3.63, 3.8) is 0 Å². The zero-order valence-corrected chi connectivity index (χ0v) is 14.9. The molecule has 2 aliphatic heterocycles. The minimum atomic E-state index is -0.344. The maximum absolute atomic E-state index is 13.3. The molecule has 2 fully saturated rings. The first kappa shape index (κ1) is 16.3. The summed E-state index contributed by atoms with van der Waals surface area (Å²) in [6.45, 7) is 7.33. The van der Waals surface area contributed by atoms with Crippen LogP contribution in [0.5, 0.6) is 0 Å². The van der Waals surface area contributed by atoms with Gasteiger partial charge < -0.3 is 14.8 Å². The van der Waals surface area contributed by atoms with Crippen LogP contribution in [-0.4, -0.2) is 45.0 Å². The van der Waals surface area contributed by atoms with Crippen LogP contribution in [0.15, 0.2) is 37.1 Å². The number of carbonyl (C=O) groups excluding carboxylic acids is 1. The van der Waals surface area contributed by atoms with E-state index in [2.05, 4.69) is 39.9 Å². The molecule has 4 rings (SSSR count). The van der Waals surface area contributed by atoms with Gasteiger partial charge in [-0.15, -0.1) is 0 Å². The van der Waals surface area contributed by atoms with E-state index in [-0.39, 0.29) is 17.2 Å². The average Bonchev–Trinajstić information content (AvgIpc) is 3.32. The van der Waals surface area contributed by atoms with Crippen LogP contribution in [0.1, 0.15) is 43.5 Å². The van der Waals surface area contributed by atoms with Gasteiger partial charge in [0.15, 0.2) is 0 Å². The Hall–Kier alpha value is -2.21. The molecule has 2 atom stereocenters. The molecule has 1 N–H and O–H groups in total. The summed E-state index contributed by atoms with van der Waals surface area (Å²) in [5, 5.41) is 3.45. The van der Waals surface area contributed by atoms with Crippen LogP contribution in [0.25, 0.3) is 0 Å². The molecule has 0 aliphatic carbocycles. The quantitative estimate of drug-likeness (QED) is 0.925. The predicted octanol–water partition coefficient (Wildman–Crippen LogP) is 1.96. The van der Waals surface area contributed by atoms with E-state index in [0.717, 1.165) is 37.3 Å². The summed E-state index contributed by atoms with van der Waals surface area (Å²) >= 11 is 0. The zero-order valence-electron chi connectivity index (χ0n) is 14.9. The Labute approximate surface area is 148 Å². The molecule has 0 aromatic carbocycles. The molecule has 2 saturated heterocycles. The van der Waals surface area contributed by atoms with Crippen molar-refractivity contribution in [1.29, 1.82) is 0 Å². The number of imidazole rings is 1. The van der Waals surface area contributed by atoms with Gasteiger partial charge in [-0.25, -0.2) is 4.98 Å². The minimum Gasteiger partial charge on any atom is -0.338 e. The Morgan fingerprint density at radius 2 is 2.16 bits per heavy atom. The highest BCUT2D eigenvalue weighted by Gasteiger charge is 2.55. The second-order valence-electron chi connectivity index (χ2n) is 7.51. The first-order chi connectivity index (χ1) is 12.1. The van der Waals surface area contributed by atoms with Gasteiger partial charge >= 0.3 is 0 Å². The maximum atomic E-state index is 13.3. The third-order valence-electron chi connectivity index (χ3n) is 5.69. The third kappa shape index (κ3) is 2.74. The van der Waals surface area contributed by atoms with E-state index in [9.17, 15) is 4.79 Å². The van der Waals surface area contributed by atoms with Crippen LogP contribution in [0.3, 0.4) is 0 Å². The second kappa shape index (κ2) is 6.26. The van der Waals surface area contributed by atoms with Crippen LogP contribution < -0.4 is 5.32 Å². The lowest BCUT2D eigenvalue weighted by Gasteiger charge is -2.28. The molecule has 0 saturated carbocycles. The summed E-state index contributed by atoms with van der Waals surface area (Å²) in [6.07, 6.45) is 8.46. The van der Waals surface area contributed by atoms with Gasteiger partial charge in [0.05, 0.1) is 17.4 Å². The number of amides is 1. The number of aromatic nitrogens is 3. The van der Waals surface area contributed by atoms with Gasteiger partial charge in [0.2, 0.25) is 5.91 Å². The van der Waals surface area contributed by atoms with E-state index in [1.165, 1.54) is 0 Å². The molecule has 4 heterocycles. The van der Waals surface area contributed by atoms with Crippen molar-refractivity contribution in [1.82, 2.24) is 24.8 Å². The first-order valence-electron chi connectivity index (χ1n) is 9.02. The Balaban J connectivity index is 1.57. The predicted molar refractivity (Wildman–Crippen MR) is 94.9 cm³/mol. The first-order valence-corrected chi connectivity index (χ1v) is 9.02. The number of pyridine rings is 1. The van der Waals surface area contributed by atoms with E-state index in [4.69, 9.17) is 0 Å². The average molecular weight is 339 g/mol.